The zero-order valence-electron chi connectivity index (χ0n) is 7.66. The lowest BCUT2D eigenvalue weighted by Crippen LogP contribution is -2.30. The van der Waals surface area contributed by atoms with Gasteiger partial charge >= 0.3 is 0 Å². The van der Waals surface area contributed by atoms with Gasteiger partial charge in [0.25, 0.3) is 0 Å². The first-order valence-corrected chi connectivity index (χ1v) is 4.16. The van der Waals surface area contributed by atoms with E-state index in [1.165, 1.54) is 0 Å². The molecule has 1 rings (SSSR count). The van der Waals surface area contributed by atoms with E-state index >= 15 is 0 Å². The Hall–Kier alpha value is -1.36. The molecule has 5 nitrogen and oxygen atoms in total. The van der Waals surface area contributed by atoms with E-state index in [1.807, 2.05) is 17.8 Å². The predicted octanol–water partition coefficient (Wildman–Crippen LogP) is -0.962. The van der Waals surface area contributed by atoms with Gasteiger partial charge in [0.15, 0.2) is 0 Å². The van der Waals surface area contributed by atoms with Gasteiger partial charge in [-0.1, -0.05) is 0 Å². The fraction of sp³-hybridized carbons (Fsp3) is 0.500. The zero-order chi connectivity index (χ0) is 9.68. The van der Waals surface area contributed by atoms with Crippen molar-refractivity contribution in [1.29, 1.82) is 0 Å². The van der Waals surface area contributed by atoms with Crippen LogP contribution in [0.15, 0.2) is 12.3 Å². The molecule has 0 aliphatic heterocycles. The molecule has 0 radical (unpaired) electrons. The van der Waals surface area contributed by atoms with Crippen molar-refractivity contribution in [2.24, 2.45) is 12.8 Å². The maximum atomic E-state index is 10.4. The molecule has 0 aliphatic carbocycles. The summed E-state index contributed by atoms with van der Waals surface area (Å²) in [4.78, 5) is 10.4. The van der Waals surface area contributed by atoms with Gasteiger partial charge in [-0.15, -0.1) is 0 Å². The second-order valence-electron chi connectivity index (χ2n) is 2.84. The van der Waals surface area contributed by atoms with Crippen LogP contribution in [-0.2, 0) is 18.3 Å². The predicted molar refractivity (Wildman–Crippen MR) is 49.0 cm³/mol. The van der Waals surface area contributed by atoms with Crippen LogP contribution in [0, 0.1) is 0 Å². The number of aryl methyl sites for hydroxylation is 1. The molecule has 1 heterocycles. The summed E-state index contributed by atoms with van der Waals surface area (Å²) in [6, 6.07) is 1.95. The Morgan fingerprint density at radius 2 is 2.54 bits per heavy atom. The van der Waals surface area contributed by atoms with E-state index in [-0.39, 0.29) is 12.5 Å². The average Bonchev–Trinajstić information content (AvgIpc) is 2.45. The monoisotopic (exact) mass is 182 g/mol. The molecular weight excluding hydrogens is 168 g/mol. The van der Waals surface area contributed by atoms with Crippen LogP contribution in [0.2, 0.25) is 0 Å². The van der Waals surface area contributed by atoms with Gasteiger partial charge in [-0.3, -0.25) is 9.48 Å². The minimum atomic E-state index is -0.329. The maximum absolute atomic E-state index is 10.4. The first kappa shape index (κ1) is 9.73. The lowest BCUT2D eigenvalue weighted by molar-refractivity contribution is -0.117. The number of aromatic nitrogens is 2. The number of hydrogen-bond donors (Lipinski definition) is 2. The molecule has 1 aromatic rings. The number of hydrogen-bond acceptors (Lipinski definition) is 3. The molecule has 0 fully saturated rings. The molecule has 0 atom stereocenters. The molecular formula is C8H14N4O. The molecule has 5 heteroatoms. The molecule has 0 unspecified atom stereocenters. The lowest BCUT2D eigenvalue weighted by atomic mass is 10.3. The Kier molecular flexibility index (Phi) is 3.45. The van der Waals surface area contributed by atoms with Crippen LogP contribution in [0.25, 0.3) is 0 Å². The third-order valence-electron chi connectivity index (χ3n) is 1.78. The summed E-state index contributed by atoms with van der Waals surface area (Å²) >= 11 is 0. The summed E-state index contributed by atoms with van der Waals surface area (Å²) in [5, 5.41) is 6.96. The largest absolute Gasteiger partial charge is 0.369 e. The molecule has 0 aliphatic rings. The van der Waals surface area contributed by atoms with Crippen molar-refractivity contribution in [3.63, 3.8) is 0 Å². The minimum Gasteiger partial charge on any atom is -0.369 e. The number of nitrogens with two attached hydrogens (primary N) is 1. The molecule has 0 spiro atoms. The van der Waals surface area contributed by atoms with Gasteiger partial charge in [0, 0.05) is 31.9 Å². The second kappa shape index (κ2) is 4.61. The zero-order valence-corrected chi connectivity index (χ0v) is 7.66. The van der Waals surface area contributed by atoms with Gasteiger partial charge in [-0.25, -0.2) is 0 Å². The smallest absolute Gasteiger partial charge is 0.231 e. The van der Waals surface area contributed by atoms with E-state index in [4.69, 9.17) is 5.73 Å². The summed E-state index contributed by atoms with van der Waals surface area (Å²) in [5.74, 6) is -0.329. The van der Waals surface area contributed by atoms with Crippen LogP contribution < -0.4 is 11.1 Å². The van der Waals surface area contributed by atoms with Crippen LogP contribution >= 0.6 is 0 Å². The fourth-order valence-corrected chi connectivity index (χ4v) is 1.07. The van der Waals surface area contributed by atoms with Crippen LogP contribution in [0.3, 0.4) is 0 Å². The summed E-state index contributed by atoms with van der Waals surface area (Å²) in [5.41, 5.74) is 6.10. The minimum absolute atomic E-state index is 0.234. The summed E-state index contributed by atoms with van der Waals surface area (Å²) in [6.45, 7) is 0.973. The molecule has 1 aromatic heterocycles. The van der Waals surface area contributed by atoms with Gasteiger partial charge in [-0.05, 0) is 6.07 Å². The highest BCUT2D eigenvalue weighted by Gasteiger charge is 1.98. The highest BCUT2D eigenvalue weighted by atomic mass is 16.1. The topological polar surface area (TPSA) is 72.9 Å². The summed E-state index contributed by atoms with van der Waals surface area (Å²) < 4.78 is 1.81. The highest BCUT2D eigenvalue weighted by Crippen LogP contribution is 1.95. The Morgan fingerprint density at radius 1 is 1.77 bits per heavy atom. The Balaban J connectivity index is 2.20. The molecule has 72 valence electrons. The number of amides is 1. The van der Waals surface area contributed by atoms with Crippen molar-refractivity contribution in [1.82, 2.24) is 15.1 Å². The maximum Gasteiger partial charge on any atom is 0.231 e. The number of rotatable bonds is 5. The third kappa shape index (κ3) is 3.25. The summed E-state index contributed by atoms with van der Waals surface area (Å²) in [7, 11) is 1.89. The third-order valence-corrected chi connectivity index (χ3v) is 1.78. The molecule has 3 N–H and O–H groups in total. The van der Waals surface area contributed by atoms with E-state index in [0.29, 0.717) is 0 Å². The van der Waals surface area contributed by atoms with E-state index in [2.05, 4.69) is 10.4 Å². The van der Waals surface area contributed by atoms with Gasteiger partial charge in [-0.2, -0.15) is 5.10 Å². The summed E-state index contributed by atoms with van der Waals surface area (Å²) in [6.07, 6.45) is 2.60. The first-order valence-electron chi connectivity index (χ1n) is 4.16. The Morgan fingerprint density at radius 3 is 3.08 bits per heavy atom. The van der Waals surface area contributed by atoms with E-state index in [0.717, 1.165) is 18.7 Å². The van der Waals surface area contributed by atoms with Gasteiger partial charge in [0.1, 0.15) is 0 Å². The van der Waals surface area contributed by atoms with Crippen molar-refractivity contribution < 1.29 is 4.79 Å². The van der Waals surface area contributed by atoms with Gasteiger partial charge in [0.05, 0.1) is 6.54 Å². The number of carbonyl (C=O) groups excluding carboxylic acids is 1. The lowest BCUT2D eigenvalue weighted by Gasteiger charge is -2.02. The van der Waals surface area contributed by atoms with Crippen molar-refractivity contribution in [2.45, 2.75) is 6.42 Å². The highest BCUT2D eigenvalue weighted by molar-refractivity contribution is 5.75. The number of nitrogens with zero attached hydrogens (tertiary/aromatic N) is 2. The van der Waals surface area contributed by atoms with Crippen molar-refractivity contribution in [3.8, 4) is 0 Å². The van der Waals surface area contributed by atoms with Crippen LogP contribution in [0.4, 0.5) is 0 Å². The SMILES string of the molecule is Cn1nccc1CCNCC(N)=O. The van der Waals surface area contributed by atoms with E-state index in [1.54, 1.807) is 6.20 Å². The van der Waals surface area contributed by atoms with E-state index < -0.39 is 0 Å². The molecule has 0 aromatic carbocycles. The fourth-order valence-electron chi connectivity index (χ4n) is 1.07. The van der Waals surface area contributed by atoms with Gasteiger partial charge < -0.3 is 11.1 Å². The second-order valence-corrected chi connectivity index (χ2v) is 2.84. The molecule has 0 bridgehead atoms. The van der Waals surface area contributed by atoms with Crippen molar-refractivity contribution >= 4 is 5.91 Å². The molecule has 0 saturated carbocycles. The first-order chi connectivity index (χ1) is 6.20. The Bertz CT molecular complexity index is 281. The molecule has 1 amide bonds. The number of carbonyl (C=O) groups is 1. The number of primary amides is 1. The van der Waals surface area contributed by atoms with Crippen LogP contribution in [0.1, 0.15) is 5.69 Å². The van der Waals surface area contributed by atoms with Crippen molar-refractivity contribution in [2.75, 3.05) is 13.1 Å². The van der Waals surface area contributed by atoms with Gasteiger partial charge in [0.2, 0.25) is 5.91 Å². The molecule has 0 saturated heterocycles. The Labute approximate surface area is 76.9 Å². The van der Waals surface area contributed by atoms with E-state index in [9.17, 15) is 4.79 Å². The quantitative estimate of drug-likeness (QED) is 0.576. The number of nitrogens with one attached hydrogen (secondary N) is 1. The standard InChI is InChI=1S/C8H14N4O/c1-12-7(3-5-11-12)2-4-10-6-8(9)13/h3,5,10H,2,4,6H2,1H3,(H2,9,13). The van der Waals surface area contributed by atoms with Crippen LogP contribution in [0.5, 0.6) is 0 Å². The molecule has 13 heavy (non-hydrogen) atoms. The van der Waals surface area contributed by atoms with Crippen molar-refractivity contribution in [3.05, 3.63) is 18.0 Å². The normalized spacial score (nSPS) is 10.2. The van der Waals surface area contributed by atoms with Crippen LogP contribution in [-0.4, -0.2) is 28.8 Å². The average molecular weight is 182 g/mol.